The van der Waals surface area contributed by atoms with Gasteiger partial charge in [0.05, 0.1) is 40.7 Å². The molecule has 178 valence electrons. The molecule has 0 saturated heterocycles. The van der Waals surface area contributed by atoms with E-state index in [2.05, 4.69) is 36.1 Å². The van der Waals surface area contributed by atoms with Crippen molar-refractivity contribution in [2.45, 2.75) is 32.4 Å². The molecule has 4 aromatic rings. The third-order valence-corrected chi connectivity index (χ3v) is 5.79. The average Bonchev–Trinajstić information content (AvgIpc) is 3.37. The van der Waals surface area contributed by atoms with Crippen LogP contribution in [-0.2, 0) is 5.54 Å². The van der Waals surface area contributed by atoms with E-state index < -0.39 is 5.54 Å². The average molecular weight is 472 g/mol. The van der Waals surface area contributed by atoms with Gasteiger partial charge in [-0.1, -0.05) is 30.3 Å². The van der Waals surface area contributed by atoms with Crippen LogP contribution in [0.25, 0.3) is 11.5 Å². The number of anilines is 3. The van der Waals surface area contributed by atoms with Gasteiger partial charge in [0.15, 0.2) is 0 Å². The third-order valence-electron chi connectivity index (χ3n) is 5.79. The predicted octanol–water partition coefficient (Wildman–Crippen LogP) is 3.70. The van der Waals surface area contributed by atoms with E-state index in [9.17, 15) is 9.90 Å². The zero-order valence-corrected chi connectivity index (χ0v) is 19.5. The lowest BCUT2D eigenvalue weighted by Crippen LogP contribution is -2.33. The molecule has 1 aliphatic heterocycles. The van der Waals surface area contributed by atoms with E-state index in [1.54, 1.807) is 31.3 Å². The van der Waals surface area contributed by atoms with Crippen LogP contribution in [0.2, 0.25) is 0 Å². The molecule has 4 N–H and O–H groups in total. The Balaban J connectivity index is 1.50. The molecule has 10 heteroatoms. The summed E-state index contributed by atoms with van der Waals surface area (Å²) in [5.74, 6) is 1.68. The molecule has 0 bridgehead atoms. The van der Waals surface area contributed by atoms with Gasteiger partial charge in [0, 0.05) is 19.2 Å². The summed E-state index contributed by atoms with van der Waals surface area (Å²) in [6.45, 7) is 5.41. The zero-order chi connectivity index (χ0) is 24.6. The van der Waals surface area contributed by atoms with E-state index in [0.717, 1.165) is 5.56 Å². The van der Waals surface area contributed by atoms with Crippen molar-refractivity contribution in [2.24, 2.45) is 0 Å². The SMILES string of the molecule is Cc1nnc(-c2cnc(Nc3ccc4c(n3)C(C)(C)NC4=O)cc2N[C@H](CO)c2ccccc2)o1. The van der Waals surface area contributed by atoms with Crippen molar-refractivity contribution in [3.05, 3.63) is 77.4 Å². The van der Waals surface area contributed by atoms with Gasteiger partial charge in [0.1, 0.15) is 11.6 Å². The van der Waals surface area contributed by atoms with Crippen LogP contribution in [-0.4, -0.2) is 37.8 Å². The van der Waals surface area contributed by atoms with E-state index >= 15 is 0 Å². The quantitative estimate of drug-likeness (QED) is 0.318. The van der Waals surface area contributed by atoms with Crippen LogP contribution in [0.15, 0.2) is 59.1 Å². The van der Waals surface area contributed by atoms with Crippen LogP contribution < -0.4 is 16.0 Å². The molecule has 10 nitrogen and oxygen atoms in total. The van der Waals surface area contributed by atoms with E-state index in [4.69, 9.17) is 4.42 Å². The Morgan fingerprint density at radius 1 is 1.09 bits per heavy atom. The molecule has 35 heavy (non-hydrogen) atoms. The highest BCUT2D eigenvalue weighted by Gasteiger charge is 2.36. The third kappa shape index (κ3) is 4.43. The molecule has 1 atom stereocenters. The van der Waals surface area contributed by atoms with E-state index in [-0.39, 0.29) is 18.6 Å². The number of aliphatic hydroxyl groups is 1. The molecule has 0 saturated carbocycles. The Bertz CT molecular complexity index is 1390. The number of nitrogens with zero attached hydrogens (tertiary/aromatic N) is 4. The molecule has 3 aromatic heterocycles. The lowest BCUT2D eigenvalue weighted by atomic mass is 10.0. The number of rotatable bonds is 7. The minimum absolute atomic E-state index is 0.125. The fourth-order valence-electron chi connectivity index (χ4n) is 4.06. The molecule has 4 heterocycles. The van der Waals surface area contributed by atoms with Gasteiger partial charge in [0.25, 0.3) is 11.8 Å². The number of hydrogen-bond acceptors (Lipinski definition) is 9. The smallest absolute Gasteiger partial charge is 0.253 e. The van der Waals surface area contributed by atoms with Crippen molar-refractivity contribution in [1.29, 1.82) is 0 Å². The van der Waals surface area contributed by atoms with Crippen LogP contribution in [0.5, 0.6) is 0 Å². The molecule has 1 aromatic carbocycles. The van der Waals surface area contributed by atoms with Crippen molar-refractivity contribution in [3.8, 4) is 11.5 Å². The number of aryl methyl sites for hydroxylation is 1. The number of aromatic nitrogens is 4. The number of fused-ring (bicyclic) bond motifs is 1. The van der Waals surface area contributed by atoms with Gasteiger partial charge in [-0.15, -0.1) is 10.2 Å². The minimum Gasteiger partial charge on any atom is -0.421 e. The lowest BCUT2D eigenvalue weighted by Gasteiger charge is -2.20. The maximum atomic E-state index is 12.2. The summed E-state index contributed by atoms with van der Waals surface area (Å²) < 4.78 is 5.64. The van der Waals surface area contributed by atoms with Crippen LogP contribution in [0, 0.1) is 6.92 Å². The van der Waals surface area contributed by atoms with Crippen LogP contribution in [0.3, 0.4) is 0 Å². The molecule has 0 fully saturated rings. The second-order valence-corrected chi connectivity index (χ2v) is 8.83. The van der Waals surface area contributed by atoms with Gasteiger partial charge >= 0.3 is 0 Å². The number of pyridine rings is 2. The molecule has 5 rings (SSSR count). The number of nitrogens with one attached hydrogen (secondary N) is 3. The molecule has 1 aliphatic rings. The number of carbonyl (C=O) groups excluding carboxylic acids is 1. The van der Waals surface area contributed by atoms with Gasteiger partial charge in [0.2, 0.25) is 5.89 Å². The number of benzene rings is 1. The first-order valence-corrected chi connectivity index (χ1v) is 11.2. The summed E-state index contributed by atoms with van der Waals surface area (Å²) in [4.78, 5) is 21.3. The molecule has 0 aliphatic carbocycles. The van der Waals surface area contributed by atoms with Gasteiger partial charge < -0.3 is 25.5 Å². The van der Waals surface area contributed by atoms with Crippen LogP contribution in [0.4, 0.5) is 17.3 Å². The molecule has 0 radical (unpaired) electrons. The second-order valence-electron chi connectivity index (χ2n) is 8.83. The van der Waals surface area contributed by atoms with E-state index in [0.29, 0.717) is 45.9 Å². The van der Waals surface area contributed by atoms with Crippen molar-refractivity contribution >= 4 is 23.2 Å². The maximum Gasteiger partial charge on any atom is 0.253 e. The van der Waals surface area contributed by atoms with Gasteiger partial charge in [-0.25, -0.2) is 9.97 Å². The first kappa shape index (κ1) is 22.5. The summed E-state index contributed by atoms with van der Waals surface area (Å²) in [5, 5.41) is 27.6. The Morgan fingerprint density at radius 2 is 1.89 bits per heavy atom. The Hall–Kier alpha value is -4.31. The maximum absolute atomic E-state index is 12.2. The number of hydrogen-bond donors (Lipinski definition) is 4. The zero-order valence-electron chi connectivity index (χ0n) is 19.5. The van der Waals surface area contributed by atoms with Crippen LogP contribution >= 0.6 is 0 Å². The summed E-state index contributed by atoms with van der Waals surface area (Å²) in [5.41, 5.74) is 2.85. The van der Waals surface area contributed by atoms with Crippen molar-refractivity contribution in [2.75, 3.05) is 17.2 Å². The second kappa shape index (κ2) is 8.80. The molecular formula is C25H25N7O3. The Morgan fingerprint density at radius 3 is 2.60 bits per heavy atom. The summed E-state index contributed by atoms with van der Waals surface area (Å²) in [7, 11) is 0. The fourth-order valence-corrected chi connectivity index (χ4v) is 4.06. The lowest BCUT2D eigenvalue weighted by molar-refractivity contribution is 0.0940. The monoisotopic (exact) mass is 471 g/mol. The largest absolute Gasteiger partial charge is 0.421 e. The first-order chi connectivity index (χ1) is 16.8. The normalized spacial score (nSPS) is 14.8. The molecule has 0 unspecified atom stereocenters. The number of aliphatic hydroxyl groups excluding tert-OH is 1. The standard InChI is InChI=1S/C25H25N7O3/c1-14-31-32-24(35-14)17-12-26-21(11-18(17)27-19(13-33)15-7-5-4-6-8-15)28-20-10-9-16-22(29-20)25(2,3)30-23(16)34/h4-12,19,33H,13H2,1-3H3,(H,30,34)(H2,26,27,28,29)/t19-/m1/s1. The summed E-state index contributed by atoms with van der Waals surface area (Å²) >= 11 is 0. The molecule has 0 spiro atoms. The van der Waals surface area contributed by atoms with E-state index in [1.165, 1.54) is 0 Å². The van der Waals surface area contributed by atoms with Crippen LogP contribution in [0.1, 0.15) is 47.4 Å². The highest BCUT2D eigenvalue weighted by Crippen LogP contribution is 2.33. The Kier molecular flexibility index (Phi) is 5.65. The van der Waals surface area contributed by atoms with Crippen molar-refractivity contribution in [3.63, 3.8) is 0 Å². The highest BCUT2D eigenvalue weighted by atomic mass is 16.4. The van der Waals surface area contributed by atoms with Gasteiger partial charge in [-0.2, -0.15) is 0 Å². The summed E-state index contributed by atoms with van der Waals surface area (Å²) in [6.07, 6.45) is 1.62. The predicted molar refractivity (Wildman–Crippen MR) is 130 cm³/mol. The minimum atomic E-state index is -0.562. The number of carbonyl (C=O) groups is 1. The van der Waals surface area contributed by atoms with Crippen molar-refractivity contribution < 1.29 is 14.3 Å². The van der Waals surface area contributed by atoms with E-state index in [1.807, 2.05) is 44.2 Å². The molecular weight excluding hydrogens is 446 g/mol. The number of amides is 1. The van der Waals surface area contributed by atoms with Gasteiger partial charge in [-0.3, -0.25) is 4.79 Å². The molecule has 1 amide bonds. The van der Waals surface area contributed by atoms with Crippen molar-refractivity contribution in [1.82, 2.24) is 25.5 Å². The Labute approximate surface area is 201 Å². The van der Waals surface area contributed by atoms with Gasteiger partial charge in [-0.05, 0) is 31.5 Å². The fraction of sp³-hybridized carbons (Fsp3) is 0.240. The summed E-state index contributed by atoms with van der Waals surface area (Å²) in [6, 6.07) is 14.6. The first-order valence-electron chi connectivity index (χ1n) is 11.2. The highest BCUT2D eigenvalue weighted by molar-refractivity contribution is 5.99. The topological polar surface area (TPSA) is 138 Å².